The van der Waals surface area contributed by atoms with Gasteiger partial charge >= 0.3 is 0 Å². The van der Waals surface area contributed by atoms with Crippen LogP contribution in [-0.4, -0.2) is 26.0 Å². The Bertz CT molecular complexity index is 602. The first-order valence-electron chi connectivity index (χ1n) is 6.40. The Labute approximate surface area is 113 Å². The first-order chi connectivity index (χ1) is 9.38. The highest BCUT2D eigenvalue weighted by atomic mass is 16.5. The van der Waals surface area contributed by atoms with Crippen LogP contribution in [-0.2, 0) is 0 Å². The summed E-state index contributed by atoms with van der Waals surface area (Å²) in [6.45, 7) is 1.78. The third kappa shape index (κ3) is 2.32. The van der Waals surface area contributed by atoms with Crippen LogP contribution in [0, 0.1) is 0 Å². The lowest BCUT2D eigenvalue weighted by atomic mass is 9.99. The minimum Gasteiger partial charge on any atom is -0.497 e. The largest absolute Gasteiger partial charge is 0.497 e. The van der Waals surface area contributed by atoms with Crippen molar-refractivity contribution in [1.29, 1.82) is 0 Å². The molecule has 0 saturated heterocycles. The predicted octanol–water partition coefficient (Wildman–Crippen LogP) is 2.71. The van der Waals surface area contributed by atoms with E-state index in [0.29, 0.717) is 0 Å². The lowest BCUT2D eigenvalue weighted by Crippen LogP contribution is -2.20. The van der Waals surface area contributed by atoms with Crippen LogP contribution >= 0.6 is 0 Å². The number of nitrogens with zero attached hydrogens (tertiary/aromatic N) is 1. The molecule has 3 heteroatoms. The van der Waals surface area contributed by atoms with Gasteiger partial charge in [0.05, 0.1) is 13.7 Å². The Kier molecular flexibility index (Phi) is 3.19. The number of aliphatic imine (C=N–C) groups is 1. The fourth-order valence-corrected chi connectivity index (χ4v) is 2.29. The van der Waals surface area contributed by atoms with Gasteiger partial charge in [-0.05, 0) is 23.3 Å². The van der Waals surface area contributed by atoms with E-state index in [4.69, 9.17) is 4.74 Å². The molecule has 1 heterocycles. The van der Waals surface area contributed by atoms with E-state index in [2.05, 4.69) is 40.6 Å². The number of benzene rings is 2. The van der Waals surface area contributed by atoms with Crippen LogP contribution in [0.15, 0.2) is 53.5 Å². The second-order valence-electron chi connectivity index (χ2n) is 4.43. The minimum atomic E-state index is 0.853. The highest BCUT2D eigenvalue weighted by Crippen LogP contribution is 2.26. The second-order valence-corrected chi connectivity index (χ2v) is 4.43. The molecule has 2 aromatic carbocycles. The van der Waals surface area contributed by atoms with Crippen LogP contribution in [0.2, 0.25) is 0 Å². The minimum absolute atomic E-state index is 0.853. The van der Waals surface area contributed by atoms with Crippen molar-refractivity contribution in [3.8, 4) is 16.9 Å². The first-order valence-corrected chi connectivity index (χ1v) is 6.40. The van der Waals surface area contributed by atoms with Gasteiger partial charge in [-0.2, -0.15) is 0 Å². The highest BCUT2D eigenvalue weighted by molar-refractivity contribution is 6.05. The Morgan fingerprint density at radius 1 is 1.00 bits per heavy atom. The predicted molar refractivity (Wildman–Crippen MR) is 77.8 cm³/mol. The zero-order valence-corrected chi connectivity index (χ0v) is 10.9. The number of methoxy groups -OCH3 is 1. The molecule has 96 valence electrons. The highest BCUT2D eigenvalue weighted by Gasteiger charge is 2.13. The molecule has 2 aromatic rings. The molecule has 3 rings (SSSR count). The molecule has 0 bridgehead atoms. The fraction of sp³-hybridized carbons (Fsp3) is 0.188. The second kappa shape index (κ2) is 5.14. The van der Waals surface area contributed by atoms with Crippen molar-refractivity contribution in [2.75, 3.05) is 20.2 Å². The van der Waals surface area contributed by atoms with E-state index in [1.165, 1.54) is 11.1 Å². The summed E-state index contributed by atoms with van der Waals surface area (Å²) in [5.41, 5.74) is 3.52. The molecule has 1 aliphatic heterocycles. The summed E-state index contributed by atoms with van der Waals surface area (Å²) in [6.07, 6.45) is 0. The first kappa shape index (κ1) is 11.8. The maximum absolute atomic E-state index is 5.20. The monoisotopic (exact) mass is 252 g/mol. The van der Waals surface area contributed by atoms with Gasteiger partial charge in [-0.25, -0.2) is 0 Å². The maximum Gasteiger partial charge on any atom is 0.129 e. The summed E-state index contributed by atoms with van der Waals surface area (Å²) >= 11 is 0. The molecule has 0 aliphatic carbocycles. The van der Waals surface area contributed by atoms with E-state index < -0.39 is 0 Å². The van der Waals surface area contributed by atoms with Crippen molar-refractivity contribution in [2.45, 2.75) is 0 Å². The van der Waals surface area contributed by atoms with E-state index >= 15 is 0 Å². The van der Waals surface area contributed by atoms with Gasteiger partial charge in [-0.1, -0.05) is 36.4 Å². The quantitative estimate of drug-likeness (QED) is 0.911. The normalized spacial score (nSPS) is 13.8. The Morgan fingerprint density at radius 3 is 2.37 bits per heavy atom. The molecular weight excluding hydrogens is 236 g/mol. The molecule has 0 saturated carbocycles. The van der Waals surface area contributed by atoms with E-state index in [0.717, 1.165) is 30.2 Å². The van der Waals surface area contributed by atoms with Gasteiger partial charge in [0.2, 0.25) is 0 Å². The van der Waals surface area contributed by atoms with Crippen LogP contribution in [0.5, 0.6) is 5.75 Å². The SMILES string of the molecule is COc1ccc(-c2ccccc2C2=NCCN2)cc1. The van der Waals surface area contributed by atoms with Crippen LogP contribution in [0.3, 0.4) is 0 Å². The zero-order valence-electron chi connectivity index (χ0n) is 10.9. The number of amidine groups is 1. The van der Waals surface area contributed by atoms with Gasteiger partial charge in [0.1, 0.15) is 11.6 Å². The molecule has 0 unspecified atom stereocenters. The maximum atomic E-state index is 5.20. The molecule has 19 heavy (non-hydrogen) atoms. The smallest absolute Gasteiger partial charge is 0.129 e. The van der Waals surface area contributed by atoms with Gasteiger partial charge in [0.25, 0.3) is 0 Å². The summed E-state index contributed by atoms with van der Waals surface area (Å²) in [6, 6.07) is 16.5. The number of hydrogen-bond acceptors (Lipinski definition) is 3. The molecule has 1 N–H and O–H groups in total. The van der Waals surface area contributed by atoms with Crippen molar-refractivity contribution in [2.24, 2.45) is 4.99 Å². The van der Waals surface area contributed by atoms with Gasteiger partial charge in [0, 0.05) is 12.1 Å². The van der Waals surface area contributed by atoms with E-state index in [9.17, 15) is 0 Å². The summed E-state index contributed by atoms with van der Waals surface area (Å²) in [4.78, 5) is 4.51. The van der Waals surface area contributed by atoms with E-state index in [-0.39, 0.29) is 0 Å². The molecule has 0 radical (unpaired) electrons. The number of rotatable bonds is 3. The molecule has 0 atom stereocenters. The number of ether oxygens (including phenoxy) is 1. The fourth-order valence-electron chi connectivity index (χ4n) is 2.29. The molecule has 0 aromatic heterocycles. The Balaban J connectivity index is 2.03. The third-order valence-corrected chi connectivity index (χ3v) is 3.26. The van der Waals surface area contributed by atoms with Gasteiger partial charge in [-0.15, -0.1) is 0 Å². The van der Waals surface area contributed by atoms with Crippen molar-refractivity contribution in [3.63, 3.8) is 0 Å². The number of hydrogen-bond donors (Lipinski definition) is 1. The van der Waals surface area contributed by atoms with Crippen molar-refractivity contribution in [1.82, 2.24) is 5.32 Å². The van der Waals surface area contributed by atoms with Crippen molar-refractivity contribution >= 4 is 5.84 Å². The van der Waals surface area contributed by atoms with Crippen molar-refractivity contribution in [3.05, 3.63) is 54.1 Å². The molecule has 1 aliphatic rings. The Hall–Kier alpha value is -2.29. The standard InChI is InChI=1S/C16H16N2O/c1-19-13-8-6-12(7-9-13)14-4-2-3-5-15(14)16-17-10-11-18-16/h2-9H,10-11H2,1H3,(H,17,18). The van der Waals surface area contributed by atoms with E-state index in [1.807, 2.05) is 18.2 Å². The molecule has 3 nitrogen and oxygen atoms in total. The van der Waals surface area contributed by atoms with Gasteiger partial charge < -0.3 is 10.1 Å². The number of nitrogens with one attached hydrogen (secondary N) is 1. The summed E-state index contributed by atoms with van der Waals surface area (Å²) < 4.78 is 5.20. The topological polar surface area (TPSA) is 33.6 Å². The lowest BCUT2D eigenvalue weighted by Gasteiger charge is -2.10. The van der Waals surface area contributed by atoms with Gasteiger partial charge in [-0.3, -0.25) is 4.99 Å². The summed E-state index contributed by atoms with van der Waals surface area (Å²) in [5, 5.41) is 3.33. The Morgan fingerprint density at radius 2 is 1.74 bits per heavy atom. The average Bonchev–Trinajstić information content (AvgIpc) is 3.01. The molecule has 0 amide bonds. The third-order valence-electron chi connectivity index (χ3n) is 3.26. The van der Waals surface area contributed by atoms with Crippen LogP contribution in [0.25, 0.3) is 11.1 Å². The van der Waals surface area contributed by atoms with Crippen molar-refractivity contribution < 1.29 is 4.74 Å². The van der Waals surface area contributed by atoms with Crippen LogP contribution in [0.4, 0.5) is 0 Å². The molecule has 0 spiro atoms. The molecular formula is C16H16N2O. The van der Waals surface area contributed by atoms with Crippen LogP contribution in [0.1, 0.15) is 5.56 Å². The van der Waals surface area contributed by atoms with Gasteiger partial charge in [0.15, 0.2) is 0 Å². The summed E-state index contributed by atoms with van der Waals surface area (Å²) in [5.74, 6) is 1.86. The molecule has 0 fully saturated rings. The van der Waals surface area contributed by atoms with Crippen LogP contribution < -0.4 is 10.1 Å². The lowest BCUT2D eigenvalue weighted by molar-refractivity contribution is 0.415. The summed E-state index contributed by atoms with van der Waals surface area (Å²) in [7, 11) is 1.68. The van der Waals surface area contributed by atoms with E-state index in [1.54, 1.807) is 7.11 Å². The average molecular weight is 252 g/mol. The zero-order chi connectivity index (χ0) is 13.1.